The van der Waals surface area contributed by atoms with E-state index in [1.807, 2.05) is 0 Å². The summed E-state index contributed by atoms with van der Waals surface area (Å²) in [5, 5.41) is 4.01. The topological polar surface area (TPSA) is 41.1 Å². The number of amides is 2. The van der Waals surface area contributed by atoms with Crippen LogP contribution >= 0.6 is 0 Å². The molecule has 0 aliphatic carbocycles. The first-order valence-electron chi connectivity index (χ1n) is 6.14. The fourth-order valence-corrected chi connectivity index (χ4v) is 1.97. The molecule has 1 aromatic carbocycles. The Bertz CT molecular complexity index is 643. The summed E-state index contributed by atoms with van der Waals surface area (Å²) in [5.74, 6) is 3.30. The molecule has 2 rings (SSSR count). The molecule has 0 radical (unpaired) electrons. The molecule has 1 aromatic rings. The molecule has 1 heterocycles. The second-order valence-electron chi connectivity index (χ2n) is 4.94. The highest BCUT2D eigenvalue weighted by molar-refractivity contribution is 5.94. The van der Waals surface area contributed by atoms with Gasteiger partial charge in [-0.15, -0.1) is 0 Å². The fraction of sp³-hybridized carbons (Fsp3) is 0.357. The first-order chi connectivity index (χ1) is 9.65. The number of urea groups is 1. The molecular weight excluding hydrogens is 288 g/mol. The minimum absolute atomic E-state index is 0.115. The third kappa shape index (κ3) is 2.66. The van der Waals surface area contributed by atoms with Crippen molar-refractivity contribution in [2.45, 2.75) is 25.6 Å². The molecule has 0 spiro atoms. The molecule has 1 aliphatic heterocycles. The fourth-order valence-electron chi connectivity index (χ4n) is 1.97. The number of anilines is 1. The summed E-state index contributed by atoms with van der Waals surface area (Å²) >= 11 is 0. The van der Waals surface area contributed by atoms with E-state index in [0.717, 1.165) is 18.2 Å². The lowest BCUT2D eigenvalue weighted by atomic mass is 9.86. The van der Waals surface area contributed by atoms with Crippen LogP contribution in [-0.2, 0) is 5.54 Å². The van der Waals surface area contributed by atoms with E-state index in [2.05, 4.69) is 17.2 Å². The maximum absolute atomic E-state index is 13.6. The molecule has 0 bridgehead atoms. The van der Waals surface area contributed by atoms with Crippen molar-refractivity contribution in [2.75, 3.05) is 5.32 Å². The molecule has 112 valence electrons. The van der Waals surface area contributed by atoms with Crippen LogP contribution in [0.25, 0.3) is 0 Å². The normalized spacial score (nSPS) is 21.0. The highest BCUT2D eigenvalue weighted by Gasteiger charge is 2.59. The number of rotatable bonds is 0. The molecule has 1 unspecified atom stereocenters. The quantitative estimate of drug-likeness (QED) is 0.560. The molecule has 0 saturated carbocycles. The van der Waals surface area contributed by atoms with E-state index in [0.29, 0.717) is 0 Å². The molecular formula is C14H12F4N2O. The van der Waals surface area contributed by atoms with Crippen molar-refractivity contribution < 1.29 is 22.4 Å². The number of fused-ring (bicyclic) bond motifs is 1. The summed E-state index contributed by atoms with van der Waals surface area (Å²) in [6.45, 7) is 3.24. The molecule has 3 nitrogen and oxygen atoms in total. The zero-order chi connectivity index (χ0) is 15.8. The van der Waals surface area contributed by atoms with E-state index in [4.69, 9.17) is 0 Å². The Kier molecular flexibility index (Phi) is 3.58. The average molecular weight is 300 g/mol. The Labute approximate surface area is 118 Å². The summed E-state index contributed by atoms with van der Waals surface area (Å²) in [7, 11) is 0. The Balaban J connectivity index is 2.75. The van der Waals surface area contributed by atoms with Gasteiger partial charge in [0, 0.05) is 17.2 Å². The monoisotopic (exact) mass is 300 g/mol. The molecule has 21 heavy (non-hydrogen) atoms. The summed E-state index contributed by atoms with van der Waals surface area (Å²) in [6.07, 6.45) is -4.89. The van der Waals surface area contributed by atoms with Crippen LogP contribution in [0, 0.1) is 23.6 Å². The number of nitrogens with one attached hydrogen (secondary N) is 2. The summed E-state index contributed by atoms with van der Waals surface area (Å²) in [6, 6.07) is 1.75. The maximum Gasteiger partial charge on any atom is 0.427 e. The molecule has 7 heteroatoms. The van der Waals surface area contributed by atoms with Gasteiger partial charge < -0.3 is 10.6 Å². The highest BCUT2D eigenvalue weighted by Crippen LogP contribution is 2.43. The summed E-state index contributed by atoms with van der Waals surface area (Å²) in [5.41, 5.74) is -3.49. The van der Waals surface area contributed by atoms with Crippen LogP contribution in [0.1, 0.15) is 19.4 Å². The lowest BCUT2D eigenvalue weighted by molar-refractivity contribution is -0.178. The van der Waals surface area contributed by atoms with Gasteiger partial charge in [0.2, 0.25) is 5.54 Å². The van der Waals surface area contributed by atoms with Crippen molar-refractivity contribution >= 4 is 11.7 Å². The smallest absolute Gasteiger partial charge is 0.310 e. The van der Waals surface area contributed by atoms with Crippen LogP contribution in [0.4, 0.5) is 28.0 Å². The van der Waals surface area contributed by atoms with Crippen LogP contribution in [0.5, 0.6) is 0 Å². The number of carbonyl (C=O) groups is 1. The van der Waals surface area contributed by atoms with Gasteiger partial charge in [0.05, 0.1) is 0 Å². The van der Waals surface area contributed by atoms with E-state index in [1.54, 1.807) is 19.2 Å². The van der Waals surface area contributed by atoms with E-state index in [-0.39, 0.29) is 11.6 Å². The Morgan fingerprint density at radius 3 is 2.52 bits per heavy atom. The van der Waals surface area contributed by atoms with Crippen LogP contribution in [0.15, 0.2) is 18.2 Å². The lowest BCUT2D eigenvalue weighted by Crippen LogP contribution is -2.59. The number of hydrogen-bond acceptors (Lipinski definition) is 1. The second-order valence-corrected chi connectivity index (χ2v) is 4.94. The van der Waals surface area contributed by atoms with Crippen LogP contribution in [0.2, 0.25) is 0 Å². The van der Waals surface area contributed by atoms with Gasteiger partial charge in [-0.1, -0.05) is 25.7 Å². The maximum atomic E-state index is 13.6. The second kappa shape index (κ2) is 4.95. The predicted octanol–water partition coefficient (Wildman–Crippen LogP) is 3.38. The Hall–Kier alpha value is -2.23. The first-order valence-corrected chi connectivity index (χ1v) is 6.14. The lowest BCUT2D eigenvalue weighted by Gasteiger charge is -2.37. The standard InChI is InChI=1S/C14H12F4N2O/c1-8(2)5-6-13(14(16,17)18)10-7-9(15)3-4-11(10)19-12(21)20-13/h3-4,7-8H,1-2H3,(H2,19,20,21). The molecule has 0 fully saturated rings. The van der Waals surface area contributed by atoms with Gasteiger partial charge in [0.25, 0.3) is 0 Å². The van der Waals surface area contributed by atoms with E-state index >= 15 is 0 Å². The van der Waals surface area contributed by atoms with Gasteiger partial charge in [0.15, 0.2) is 0 Å². The minimum atomic E-state index is -4.89. The zero-order valence-corrected chi connectivity index (χ0v) is 11.2. The number of carbonyl (C=O) groups excluding carboxylic acids is 1. The predicted molar refractivity (Wildman–Crippen MR) is 68.9 cm³/mol. The van der Waals surface area contributed by atoms with E-state index in [1.165, 1.54) is 0 Å². The van der Waals surface area contributed by atoms with Crippen molar-refractivity contribution in [3.8, 4) is 11.8 Å². The third-order valence-electron chi connectivity index (χ3n) is 2.91. The van der Waals surface area contributed by atoms with Gasteiger partial charge in [-0.05, 0) is 18.2 Å². The van der Waals surface area contributed by atoms with Crippen molar-refractivity contribution in [3.05, 3.63) is 29.6 Å². The van der Waals surface area contributed by atoms with Crippen molar-refractivity contribution in [1.29, 1.82) is 0 Å². The largest absolute Gasteiger partial charge is 0.427 e. The SMILES string of the molecule is CC(C)C#CC1(C(F)(F)F)NC(=O)Nc2ccc(F)cc21. The molecule has 2 N–H and O–H groups in total. The van der Waals surface area contributed by atoms with Crippen molar-refractivity contribution in [2.24, 2.45) is 5.92 Å². The molecule has 1 atom stereocenters. The van der Waals surface area contributed by atoms with Gasteiger partial charge in [-0.25, -0.2) is 9.18 Å². The zero-order valence-electron chi connectivity index (χ0n) is 11.2. The van der Waals surface area contributed by atoms with Crippen LogP contribution in [0.3, 0.4) is 0 Å². The van der Waals surface area contributed by atoms with Crippen molar-refractivity contribution in [3.63, 3.8) is 0 Å². The molecule has 0 aromatic heterocycles. The van der Waals surface area contributed by atoms with Gasteiger partial charge in [-0.2, -0.15) is 13.2 Å². The number of halogens is 4. The minimum Gasteiger partial charge on any atom is -0.310 e. The van der Waals surface area contributed by atoms with E-state index < -0.39 is 29.1 Å². The number of benzene rings is 1. The van der Waals surface area contributed by atoms with E-state index in [9.17, 15) is 22.4 Å². The molecule has 1 aliphatic rings. The average Bonchev–Trinajstić information content (AvgIpc) is 2.35. The van der Waals surface area contributed by atoms with Crippen LogP contribution in [-0.4, -0.2) is 12.2 Å². The Morgan fingerprint density at radius 2 is 1.95 bits per heavy atom. The molecule has 2 amide bonds. The summed E-state index contributed by atoms with van der Waals surface area (Å²) < 4.78 is 54.1. The Morgan fingerprint density at radius 1 is 1.29 bits per heavy atom. The van der Waals surface area contributed by atoms with Gasteiger partial charge >= 0.3 is 12.2 Å². The third-order valence-corrected chi connectivity index (χ3v) is 2.91. The number of hydrogen-bond donors (Lipinski definition) is 2. The van der Waals surface area contributed by atoms with Crippen molar-refractivity contribution in [1.82, 2.24) is 5.32 Å². The highest BCUT2D eigenvalue weighted by atomic mass is 19.4. The van der Waals surface area contributed by atoms with Gasteiger partial charge in [0.1, 0.15) is 5.82 Å². The molecule has 0 saturated heterocycles. The number of alkyl halides is 3. The first kappa shape index (κ1) is 15.2. The van der Waals surface area contributed by atoms with Gasteiger partial charge in [-0.3, -0.25) is 0 Å². The summed E-state index contributed by atoms with van der Waals surface area (Å²) in [4.78, 5) is 11.5. The van der Waals surface area contributed by atoms with Crippen LogP contribution < -0.4 is 10.6 Å².